The molecule has 0 saturated carbocycles. The Kier molecular flexibility index (Phi) is 5.45. The third-order valence-electron chi connectivity index (χ3n) is 2.74. The Morgan fingerprint density at radius 1 is 1.14 bits per heavy atom. The monoisotopic (exact) mass is 383 g/mol. The van der Waals surface area contributed by atoms with Crippen molar-refractivity contribution in [3.05, 3.63) is 74.3 Å². The number of ketones is 1. The van der Waals surface area contributed by atoms with Crippen molar-refractivity contribution in [3.63, 3.8) is 0 Å². The van der Waals surface area contributed by atoms with Crippen LogP contribution in [0.25, 0.3) is 0 Å². The summed E-state index contributed by atoms with van der Waals surface area (Å²) >= 11 is 15.2. The molecule has 0 atom stereocenters. The average molecular weight is 385 g/mol. The minimum atomic E-state index is -0.0834. The Labute approximate surface area is 141 Å². The van der Waals surface area contributed by atoms with Gasteiger partial charge in [-0.3, -0.25) is 4.79 Å². The second-order valence-corrected chi connectivity index (χ2v) is 6.15. The van der Waals surface area contributed by atoms with E-state index < -0.39 is 0 Å². The second-order valence-electron chi connectivity index (χ2n) is 4.45. The van der Waals surface area contributed by atoms with Gasteiger partial charge in [0.2, 0.25) is 0 Å². The van der Waals surface area contributed by atoms with Gasteiger partial charge in [0.15, 0.2) is 5.78 Å². The molecule has 0 radical (unpaired) electrons. The third-order valence-corrected chi connectivity index (χ3v) is 4.22. The molecule has 0 amide bonds. The van der Waals surface area contributed by atoms with Crippen LogP contribution in [0.2, 0.25) is 10.0 Å². The lowest BCUT2D eigenvalue weighted by Gasteiger charge is -2.07. The topological polar surface area (TPSA) is 29.1 Å². The highest BCUT2D eigenvalue weighted by Crippen LogP contribution is 2.26. The number of carbonyl (C=O) groups is 1. The van der Waals surface area contributed by atoms with Gasteiger partial charge < -0.3 is 5.32 Å². The van der Waals surface area contributed by atoms with Gasteiger partial charge >= 0.3 is 0 Å². The summed E-state index contributed by atoms with van der Waals surface area (Å²) in [5.74, 6) is -0.0834. The number of carbonyl (C=O) groups excluding carboxylic acids is 1. The van der Waals surface area contributed by atoms with Crippen molar-refractivity contribution in [1.29, 1.82) is 0 Å². The summed E-state index contributed by atoms with van der Waals surface area (Å²) in [6.45, 7) is 1.82. The summed E-state index contributed by atoms with van der Waals surface area (Å²) < 4.78 is 0.827. The zero-order valence-corrected chi connectivity index (χ0v) is 14.3. The maximum absolute atomic E-state index is 12.1. The Morgan fingerprint density at radius 3 is 2.43 bits per heavy atom. The van der Waals surface area contributed by atoms with Gasteiger partial charge in [-0.1, -0.05) is 23.2 Å². The van der Waals surface area contributed by atoms with Gasteiger partial charge in [-0.05, 0) is 65.3 Å². The molecule has 0 fully saturated rings. The SMILES string of the molecule is C/C(=C\C(=O)c1ccc(Cl)cc1)Nc1ccc(Br)c(Cl)c1. The van der Waals surface area contributed by atoms with Crippen molar-refractivity contribution in [2.45, 2.75) is 6.92 Å². The smallest absolute Gasteiger partial charge is 0.187 e. The fraction of sp³-hybridized carbons (Fsp3) is 0.0625. The van der Waals surface area contributed by atoms with Gasteiger partial charge in [0.25, 0.3) is 0 Å². The molecule has 0 bridgehead atoms. The average Bonchev–Trinajstić information content (AvgIpc) is 2.43. The number of hydrogen-bond acceptors (Lipinski definition) is 2. The highest BCUT2D eigenvalue weighted by atomic mass is 79.9. The Hall–Kier alpha value is -1.29. The summed E-state index contributed by atoms with van der Waals surface area (Å²) in [5.41, 5.74) is 2.14. The Morgan fingerprint density at radius 2 is 1.81 bits per heavy atom. The van der Waals surface area contributed by atoms with Gasteiger partial charge in [0, 0.05) is 32.5 Å². The number of nitrogens with one attached hydrogen (secondary N) is 1. The summed E-state index contributed by atoms with van der Waals surface area (Å²) in [6.07, 6.45) is 1.54. The highest BCUT2D eigenvalue weighted by Gasteiger charge is 2.04. The highest BCUT2D eigenvalue weighted by molar-refractivity contribution is 9.10. The predicted octanol–water partition coefficient (Wildman–Crippen LogP) is 5.95. The van der Waals surface area contributed by atoms with Crippen LogP contribution in [0.4, 0.5) is 5.69 Å². The predicted molar refractivity (Wildman–Crippen MR) is 92.3 cm³/mol. The molecule has 0 saturated heterocycles. The molecule has 1 N–H and O–H groups in total. The molecule has 2 nitrogen and oxygen atoms in total. The molecule has 0 aromatic heterocycles. The molecule has 5 heteroatoms. The molecule has 2 aromatic carbocycles. The van der Waals surface area contributed by atoms with Crippen molar-refractivity contribution < 1.29 is 4.79 Å². The lowest BCUT2D eigenvalue weighted by molar-refractivity contribution is 0.104. The van der Waals surface area contributed by atoms with E-state index in [-0.39, 0.29) is 5.78 Å². The van der Waals surface area contributed by atoms with Crippen LogP contribution in [0, 0.1) is 0 Å². The maximum Gasteiger partial charge on any atom is 0.187 e. The molecular formula is C16H12BrCl2NO. The van der Waals surface area contributed by atoms with Crippen LogP contribution in [0.3, 0.4) is 0 Å². The van der Waals surface area contributed by atoms with E-state index in [0.717, 1.165) is 15.9 Å². The zero-order valence-electron chi connectivity index (χ0n) is 11.2. The van der Waals surface area contributed by atoms with Crippen LogP contribution >= 0.6 is 39.1 Å². The molecule has 2 rings (SSSR count). The van der Waals surface area contributed by atoms with Gasteiger partial charge in [-0.2, -0.15) is 0 Å². The normalized spacial score (nSPS) is 11.3. The van der Waals surface area contributed by atoms with Crippen molar-refractivity contribution in [1.82, 2.24) is 0 Å². The zero-order chi connectivity index (χ0) is 15.4. The van der Waals surface area contributed by atoms with Crippen molar-refractivity contribution in [2.75, 3.05) is 5.32 Å². The number of anilines is 1. The Bertz CT molecular complexity index is 696. The van der Waals surface area contributed by atoms with E-state index in [9.17, 15) is 4.79 Å². The van der Waals surface area contributed by atoms with E-state index in [1.807, 2.05) is 19.1 Å². The van der Waals surface area contributed by atoms with Crippen LogP contribution in [0.5, 0.6) is 0 Å². The fourth-order valence-electron chi connectivity index (χ4n) is 1.73. The second kappa shape index (κ2) is 7.12. The lowest BCUT2D eigenvalue weighted by atomic mass is 10.1. The van der Waals surface area contributed by atoms with Crippen molar-refractivity contribution in [2.24, 2.45) is 0 Å². The molecule has 0 aliphatic carbocycles. The number of benzene rings is 2. The molecule has 0 spiro atoms. The summed E-state index contributed by atoms with van der Waals surface area (Å²) in [7, 11) is 0. The van der Waals surface area contributed by atoms with Crippen LogP contribution in [0.15, 0.2) is 58.7 Å². The number of halogens is 3. The molecule has 108 valence electrons. The van der Waals surface area contributed by atoms with Gasteiger partial charge in [0.05, 0.1) is 5.02 Å². The summed E-state index contributed by atoms with van der Waals surface area (Å²) in [4.78, 5) is 12.1. The molecule has 0 aliphatic heterocycles. The van der Waals surface area contributed by atoms with Crippen molar-refractivity contribution >= 4 is 50.6 Å². The maximum atomic E-state index is 12.1. The molecule has 0 aliphatic rings. The van der Waals surface area contributed by atoms with Crippen LogP contribution < -0.4 is 5.32 Å². The van der Waals surface area contributed by atoms with Crippen LogP contribution in [-0.4, -0.2) is 5.78 Å². The molecular weight excluding hydrogens is 373 g/mol. The Balaban J connectivity index is 2.11. The standard InChI is InChI=1S/C16H12BrCl2NO/c1-10(20-13-6-7-14(17)15(19)9-13)8-16(21)11-2-4-12(18)5-3-11/h2-9,20H,1H3/b10-8+. The van der Waals surface area contributed by atoms with E-state index in [1.165, 1.54) is 0 Å². The van der Waals surface area contributed by atoms with Crippen LogP contribution in [-0.2, 0) is 0 Å². The van der Waals surface area contributed by atoms with Gasteiger partial charge in [0.1, 0.15) is 0 Å². The molecule has 0 heterocycles. The molecule has 2 aromatic rings. The number of allylic oxidation sites excluding steroid dienone is 2. The first-order valence-electron chi connectivity index (χ1n) is 6.16. The van der Waals surface area contributed by atoms with E-state index in [1.54, 1.807) is 36.4 Å². The largest absolute Gasteiger partial charge is 0.359 e. The van der Waals surface area contributed by atoms with E-state index in [4.69, 9.17) is 23.2 Å². The lowest BCUT2D eigenvalue weighted by Crippen LogP contribution is -2.01. The molecule has 21 heavy (non-hydrogen) atoms. The first kappa shape index (κ1) is 16.1. The molecule has 0 unspecified atom stereocenters. The first-order chi connectivity index (χ1) is 9.95. The van der Waals surface area contributed by atoms with Crippen LogP contribution in [0.1, 0.15) is 17.3 Å². The summed E-state index contributed by atoms with van der Waals surface area (Å²) in [6, 6.07) is 12.3. The minimum absolute atomic E-state index is 0.0834. The van der Waals surface area contributed by atoms with E-state index >= 15 is 0 Å². The third kappa shape index (κ3) is 4.60. The van der Waals surface area contributed by atoms with E-state index in [0.29, 0.717) is 15.6 Å². The first-order valence-corrected chi connectivity index (χ1v) is 7.71. The number of hydrogen-bond donors (Lipinski definition) is 1. The fourth-order valence-corrected chi connectivity index (χ4v) is 2.28. The summed E-state index contributed by atoms with van der Waals surface area (Å²) in [5, 5.41) is 4.35. The minimum Gasteiger partial charge on any atom is -0.359 e. The van der Waals surface area contributed by atoms with Gasteiger partial charge in [-0.25, -0.2) is 0 Å². The van der Waals surface area contributed by atoms with E-state index in [2.05, 4.69) is 21.2 Å². The number of rotatable bonds is 4. The van der Waals surface area contributed by atoms with Gasteiger partial charge in [-0.15, -0.1) is 0 Å². The van der Waals surface area contributed by atoms with Crippen molar-refractivity contribution in [3.8, 4) is 0 Å². The quantitative estimate of drug-likeness (QED) is 0.520.